The van der Waals surface area contributed by atoms with Crippen molar-refractivity contribution in [3.8, 4) is 0 Å². The smallest absolute Gasteiger partial charge is 0.0272 e. The Labute approximate surface area is 130 Å². The summed E-state index contributed by atoms with van der Waals surface area (Å²) in [6.07, 6.45) is 10.8. The lowest BCUT2D eigenvalue weighted by Crippen LogP contribution is -2.37. The van der Waals surface area contributed by atoms with Gasteiger partial charge in [-0.05, 0) is 35.5 Å². The highest BCUT2D eigenvalue weighted by atomic mass is 14.4. The molecule has 0 aromatic carbocycles. The van der Waals surface area contributed by atoms with Crippen molar-refractivity contribution in [3.05, 3.63) is 0 Å². The van der Waals surface area contributed by atoms with Gasteiger partial charge in [0.05, 0.1) is 0 Å². The van der Waals surface area contributed by atoms with E-state index in [0.29, 0.717) is 10.8 Å². The van der Waals surface area contributed by atoms with Gasteiger partial charge in [-0.1, -0.05) is 93.9 Å². The van der Waals surface area contributed by atoms with Crippen LogP contribution >= 0.6 is 0 Å². The molecular formula is C20H42. The Balaban J connectivity index is 5.20. The fourth-order valence-corrected chi connectivity index (χ4v) is 4.60. The quantitative estimate of drug-likeness (QED) is 0.368. The van der Waals surface area contributed by atoms with Crippen LogP contribution in [0.15, 0.2) is 0 Å². The third-order valence-corrected chi connectivity index (χ3v) is 6.55. The van der Waals surface area contributed by atoms with Gasteiger partial charge in [0, 0.05) is 0 Å². The van der Waals surface area contributed by atoms with Gasteiger partial charge in [0.2, 0.25) is 0 Å². The van der Waals surface area contributed by atoms with Crippen LogP contribution < -0.4 is 0 Å². The van der Waals surface area contributed by atoms with Crippen LogP contribution in [0.4, 0.5) is 0 Å². The van der Waals surface area contributed by atoms with E-state index in [9.17, 15) is 0 Å². The number of rotatable bonds is 11. The summed E-state index contributed by atoms with van der Waals surface area (Å²) in [7, 11) is 0. The molecule has 0 radical (unpaired) electrons. The first kappa shape index (κ1) is 20.0. The Hall–Kier alpha value is 0. The zero-order valence-electron chi connectivity index (χ0n) is 15.8. The van der Waals surface area contributed by atoms with Crippen molar-refractivity contribution in [2.75, 3.05) is 0 Å². The summed E-state index contributed by atoms with van der Waals surface area (Å²) in [4.78, 5) is 0. The van der Waals surface area contributed by atoms with Crippen molar-refractivity contribution in [3.63, 3.8) is 0 Å². The molecule has 0 rings (SSSR count). The van der Waals surface area contributed by atoms with Crippen molar-refractivity contribution >= 4 is 0 Å². The summed E-state index contributed by atoms with van der Waals surface area (Å²) < 4.78 is 0. The van der Waals surface area contributed by atoms with Crippen LogP contribution in [0.5, 0.6) is 0 Å². The lowest BCUT2D eigenvalue weighted by molar-refractivity contribution is 0.0358. The third-order valence-electron chi connectivity index (χ3n) is 6.55. The van der Waals surface area contributed by atoms with Crippen LogP contribution in [-0.4, -0.2) is 0 Å². The second-order valence-electron chi connectivity index (χ2n) is 7.60. The molecule has 0 fully saturated rings. The average molecular weight is 283 g/mol. The van der Waals surface area contributed by atoms with Gasteiger partial charge in [-0.15, -0.1) is 0 Å². The summed E-state index contributed by atoms with van der Waals surface area (Å²) in [5.74, 6) is 1.77. The molecule has 0 bridgehead atoms. The van der Waals surface area contributed by atoms with Crippen molar-refractivity contribution in [1.29, 1.82) is 0 Å². The Morgan fingerprint density at radius 2 is 1.20 bits per heavy atom. The fraction of sp³-hybridized carbons (Fsp3) is 1.00. The minimum absolute atomic E-state index is 0.530. The highest BCUT2D eigenvalue weighted by molar-refractivity contribution is 4.90. The van der Waals surface area contributed by atoms with Gasteiger partial charge in [-0.3, -0.25) is 0 Å². The van der Waals surface area contributed by atoms with E-state index >= 15 is 0 Å². The Kier molecular flexibility index (Phi) is 9.11. The van der Waals surface area contributed by atoms with Crippen molar-refractivity contribution in [2.24, 2.45) is 22.7 Å². The number of hydrogen-bond acceptors (Lipinski definition) is 0. The maximum Gasteiger partial charge on any atom is -0.0272 e. The van der Waals surface area contributed by atoms with E-state index in [-0.39, 0.29) is 0 Å². The molecule has 0 spiro atoms. The van der Waals surface area contributed by atoms with E-state index in [0.717, 1.165) is 11.8 Å². The molecule has 0 amide bonds. The van der Waals surface area contributed by atoms with Crippen LogP contribution in [-0.2, 0) is 0 Å². The minimum Gasteiger partial charge on any atom is -0.0654 e. The van der Waals surface area contributed by atoms with Crippen LogP contribution in [0.25, 0.3) is 0 Å². The molecule has 122 valence electrons. The second kappa shape index (κ2) is 9.11. The van der Waals surface area contributed by atoms with Gasteiger partial charge < -0.3 is 0 Å². The van der Waals surface area contributed by atoms with Crippen molar-refractivity contribution in [1.82, 2.24) is 0 Å². The topological polar surface area (TPSA) is 0 Å². The SMILES string of the molecule is CCCC(C)(CC)CC(CC)C(C)(CC)C(CC)CC. The summed E-state index contributed by atoms with van der Waals surface area (Å²) in [5.41, 5.74) is 1.08. The first-order valence-electron chi connectivity index (χ1n) is 9.37. The highest BCUT2D eigenvalue weighted by Gasteiger charge is 2.40. The molecule has 3 atom stereocenters. The van der Waals surface area contributed by atoms with E-state index in [4.69, 9.17) is 0 Å². The molecule has 0 aliphatic carbocycles. The van der Waals surface area contributed by atoms with Crippen molar-refractivity contribution in [2.45, 2.75) is 107 Å². The van der Waals surface area contributed by atoms with Gasteiger partial charge in [-0.25, -0.2) is 0 Å². The first-order valence-corrected chi connectivity index (χ1v) is 9.37. The maximum absolute atomic E-state index is 2.58. The minimum atomic E-state index is 0.530. The van der Waals surface area contributed by atoms with E-state index in [1.54, 1.807) is 0 Å². The molecule has 0 heterocycles. The molecule has 0 aromatic heterocycles. The summed E-state index contributed by atoms with van der Waals surface area (Å²) in [6, 6.07) is 0. The van der Waals surface area contributed by atoms with Crippen LogP contribution in [0.3, 0.4) is 0 Å². The van der Waals surface area contributed by atoms with Crippen LogP contribution in [0, 0.1) is 22.7 Å². The van der Waals surface area contributed by atoms with Crippen LogP contribution in [0.2, 0.25) is 0 Å². The molecule has 3 unspecified atom stereocenters. The van der Waals surface area contributed by atoms with E-state index in [1.165, 1.54) is 51.4 Å². The molecule has 0 aliphatic rings. The fourth-order valence-electron chi connectivity index (χ4n) is 4.60. The molecular weight excluding hydrogens is 240 g/mol. The maximum atomic E-state index is 2.58. The highest BCUT2D eigenvalue weighted by Crippen LogP contribution is 2.49. The van der Waals surface area contributed by atoms with Crippen LogP contribution in [0.1, 0.15) is 107 Å². The lowest BCUT2D eigenvalue weighted by Gasteiger charge is -2.46. The zero-order valence-corrected chi connectivity index (χ0v) is 15.8. The van der Waals surface area contributed by atoms with Gasteiger partial charge in [0.25, 0.3) is 0 Å². The molecule has 0 saturated carbocycles. The van der Waals surface area contributed by atoms with E-state index < -0.39 is 0 Å². The average Bonchev–Trinajstić information content (AvgIpc) is 2.46. The Bertz CT molecular complexity index is 240. The molecule has 0 heteroatoms. The molecule has 0 N–H and O–H groups in total. The summed E-state index contributed by atoms with van der Waals surface area (Å²) in [5, 5.41) is 0. The normalized spacial score (nSPS) is 19.6. The first-order chi connectivity index (χ1) is 9.37. The number of hydrogen-bond donors (Lipinski definition) is 0. The lowest BCUT2D eigenvalue weighted by atomic mass is 9.59. The van der Waals surface area contributed by atoms with Gasteiger partial charge in [0.15, 0.2) is 0 Å². The Morgan fingerprint density at radius 1 is 0.700 bits per heavy atom. The molecule has 0 aromatic rings. The summed E-state index contributed by atoms with van der Waals surface area (Å²) >= 11 is 0. The molecule has 0 aliphatic heterocycles. The van der Waals surface area contributed by atoms with Gasteiger partial charge in [-0.2, -0.15) is 0 Å². The second-order valence-corrected chi connectivity index (χ2v) is 7.60. The largest absolute Gasteiger partial charge is 0.0654 e. The molecule has 0 nitrogen and oxygen atoms in total. The van der Waals surface area contributed by atoms with Gasteiger partial charge >= 0.3 is 0 Å². The Morgan fingerprint density at radius 3 is 1.50 bits per heavy atom. The predicted molar refractivity (Wildman–Crippen MR) is 94.2 cm³/mol. The monoisotopic (exact) mass is 282 g/mol. The molecule has 20 heavy (non-hydrogen) atoms. The predicted octanol–water partition coefficient (Wildman–Crippen LogP) is 7.47. The third kappa shape index (κ3) is 4.78. The standard InChI is InChI=1S/C20H42/c1-9-15-19(7,13-5)16-18(12-4)20(8,14-6)17(10-2)11-3/h17-18H,9-16H2,1-8H3. The summed E-state index contributed by atoms with van der Waals surface area (Å²) in [6.45, 7) is 19.5. The van der Waals surface area contributed by atoms with Crippen molar-refractivity contribution < 1.29 is 0 Å². The van der Waals surface area contributed by atoms with E-state index in [1.807, 2.05) is 0 Å². The van der Waals surface area contributed by atoms with Gasteiger partial charge in [0.1, 0.15) is 0 Å². The molecule has 0 saturated heterocycles. The zero-order chi connectivity index (χ0) is 15.8. The van der Waals surface area contributed by atoms with E-state index in [2.05, 4.69) is 55.4 Å².